The van der Waals surface area contributed by atoms with Crippen LogP contribution in [-0.2, 0) is 7.05 Å². The third-order valence-electron chi connectivity index (χ3n) is 2.75. The van der Waals surface area contributed by atoms with Gasteiger partial charge in [-0.3, -0.25) is 13.9 Å². The van der Waals surface area contributed by atoms with Crippen LogP contribution in [0.15, 0.2) is 15.0 Å². The van der Waals surface area contributed by atoms with Crippen LogP contribution >= 0.6 is 11.3 Å². The Hall–Kier alpha value is -1.89. The predicted octanol–water partition coefficient (Wildman–Crippen LogP) is 1.04. The number of nitrogens with zero attached hydrogens (tertiary/aromatic N) is 2. The minimum Gasteiger partial charge on any atom is -0.478 e. The standard InChI is InChI=1S/C11H12N2O4S/c1-5(2)13-9-7(6(4-18-9)10(15)16)8(14)12(3)11(13)17/h4-5H,1-3H3,(H,15,16). The van der Waals surface area contributed by atoms with E-state index in [-0.39, 0.29) is 17.0 Å². The van der Waals surface area contributed by atoms with Crippen LogP contribution in [0.25, 0.3) is 10.2 Å². The highest BCUT2D eigenvalue weighted by atomic mass is 32.1. The highest BCUT2D eigenvalue weighted by Crippen LogP contribution is 2.23. The second-order valence-electron chi connectivity index (χ2n) is 4.25. The summed E-state index contributed by atoms with van der Waals surface area (Å²) in [4.78, 5) is 35.5. The van der Waals surface area contributed by atoms with Crippen LogP contribution in [0, 0.1) is 0 Å². The molecular formula is C11H12N2O4S. The molecule has 1 N–H and O–H groups in total. The molecule has 0 saturated heterocycles. The zero-order valence-electron chi connectivity index (χ0n) is 10.1. The molecule has 0 amide bonds. The average Bonchev–Trinajstić information content (AvgIpc) is 2.70. The normalized spacial score (nSPS) is 11.3. The van der Waals surface area contributed by atoms with Crippen molar-refractivity contribution in [1.82, 2.24) is 9.13 Å². The summed E-state index contributed by atoms with van der Waals surface area (Å²) in [6.07, 6.45) is 0. The molecule has 0 aliphatic rings. The largest absolute Gasteiger partial charge is 0.478 e. The maximum atomic E-state index is 12.0. The van der Waals surface area contributed by atoms with Crippen LogP contribution in [0.5, 0.6) is 0 Å². The van der Waals surface area contributed by atoms with Crippen molar-refractivity contribution < 1.29 is 9.90 Å². The van der Waals surface area contributed by atoms with E-state index in [1.54, 1.807) is 0 Å². The van der Waals surface area contributed by atoms with Crippen molar-refractivity contribution in [1.29, 1.82) is 0 Å². The molecule has 0 bridgehead atoms. The van der Waals surface area contributed by atoms with Crippen molar-refractivity contribution in [2.75, 3.05) is 0 Å². The second-order valence-corrected chi connectivity index (χ2v) is 5.10. The van der Waals surface area contributed by atoms with Crippen molar-refractivity contribution >= 4 is 27.5 Å². The summed E-state index contributed by atoms with van der Waals surface area (Å²) in [5.41, 5.74) is -1.04. The molecule has 96 valence electrons. The molecule has 0 saturated carbocycles. The van der Waals surface area contributed by atoms with Crippen LogP contribution in [0.1, 0.15) is 30.2 Å². The smallest absolute Gasteiger partial charge is 0.337 e. The molecule has 2 rings (SSSR count). The summed E-state index contributed by atoms with van der Waals surface area (Å²) in [5, 5.41) is 10.6. The quantitative estimate of drug-likeness (QED) is 0.882. The lowest BCUT2D eigenvalue weighted by Crippen LogP contribution is -2.38. The van der Waals surface area contributed by atoms with E-state index in [1.165, 1.54) is 17.0 Å². The van der Waals surface area contributed by atoms with Gasteiger partial charge in [0.15, 0.2) is 0 Å². The number of carbonyl (C=O) groups is 1. The summed E-state index contributed by atoms with van der Waals surface area (Å²) in [6, 6.07) is -0.146. The molecule has 0 unspecified atom stereocenters. The number of aromatic nitrogens is 2. The summed E-state index contributed by atoms with van der Waals surface area (Å²) in [6.45, 7) is 3.62. The lowest BCUT2D eigenvalue weighted by molar-refractivity contribution is 0.0699. The van der Waals surface area contributed by atoms with E-state index in [9.17, 15) is 14.4 Å². The molecule has 2 heterocycles. The lowest BCUT2D eigenvalue weighted by Gasteiger charge is -2.12. The lowest BCUT2D eigenvalue weighted by atomic mass is 10.2. The van der Waals surface area contributed by atoms with Crippen LogP contribution in [0.4, 0.5) is 0 Å². The van der Waals surface area contributed by atoms with E-state index in [4.69, 9.17) is 5.11 Å². The summed E-state index contributed by atoms with van der Waals surface area (Å²) in [7, 11) is 1.35. The third kappa shape index (κ3) is 1.59. The highest BCUT2D eigenvalue weighted by molar-refractivity contribution is 7.17. The first kappa shape index (κ1) is 12.6. The number of fused-ring (bicyclic) bond motifs is 1. The Labute approximate surface area is 106 Å². The van der Waals surface area contributed by atoms with Gasteiger partial charge >= 0.3 is 11.7 Å². The molecule has 0 fully saturated rings. The summed E-state index contributed by atoms with van der Waals surface area (Å²) < 4.78 is 2.38. The molecule has 0 spiro atoms. The molecule has 0 aliphatic heterocycles. The molecule has 0 aromatic carbocycles. The first-order chi connectivity index (χ1) is 8.36. The van der Waals surface area contributed by atoms with E-state index >= 15 is 0 Å². The van der Waals surface area contributed by atoms with E-state index < -0.39 is 17.2 Å². The predicted molar refractivity (Wildman–Crippen MR) is 68.7 cm³/mol. The van der Waals surface area contributed by atoms with Crippen LogP contribution in [0.2, 0.25) is 0 Å². The maximum Gasteiger partial charge on any atom is 0.337 e. The van der Waals surface area contributed by atoms with Gasteiger partial charge in [0.25, 0.3) is 5.56 Å². The van der Waals surface area contributed by atoms with Gasteiger partial charge in [-0.1, -0.05) is 0 Å². The van der Waals surface area contributed by atoms with Crippen molar-refractivity contribution in [3.8, 4) is 0 Å². The van der Waals surface area contributed by atoms with E-state index in [2.05, 4.69) is 0 Å². The fourth-order valence-corrected chi connectivity index (χ4v) is 3.01. The number of aromatic carboxylic acids is 1. The second kappa shape index (κ2) is 4.09. The van der Waals surface area contributed by atoms with Gasteiger partial charge in [-0.05, 0) is 13.8 Å². The number of thiophene rings is 1. The molecule has 0 atom stereocenters. The Morgan fingerprint density at radius 1 is 1.39 bits per heavy atom. The highest BCUT2D eigenvalue weighted by Gasteiger charge is 2.20. The Kier molecular flexibility index (Phi) is 2.86. The van der Waals surface area contributed by atoms with Gasteiger partial charge in [-0.15, -0.1) is 11.3 Å². The first-order valence-corrected chi connectivity index (χ1v) is 6.20. The average molecular weight is 268 g/mol. The van der Waals surface area contributed by atoms with Crippen LogP contribution in [0.3, 0.4) is 0 Å². The molecule has 2 aromatic heterocycles. The Morgan fingerprint density at radius 3 is 2.50 bits per heavy atom. The number of hydrogen-bond donors (Lipinski definition) is 1. The van der Waals surface area contributed by atoms with E-state index in [0.29, 0.717) is 4.83 Å². The zero-order valence-corrected chi connectivity index (χ0v) is 10.9. The van der Waals surface area contributed by atoms with Gasteiger partial charge in [-0.25, -0.2) is 9.59 Å². The summed E-state index contributed by atoms with van der Waals surface area (Å²) in [5.74, 6) is -1.16. The Bertz CT molecular complexity index is 751. The Balaban J connectivity index is 3.10. The Morgan fingerprint density at radius 2 is 2.00 bits per heavy atom. The molecular weight excluding hydrogens is 256 g/mol. The van der Waals surface area contributed by atoms with Gasteiger partial charge in [0.1, 0.15) is 4.83 Å². The molecule has 6 nitrogen and oxygen atoms in total. The number of rotatable bonds is 2. The fraction of sp³-hybridized carbons (Fsp3) is 0.364. The summed E-state index contributed by atoms with van der Waals surface area (Å²) >= 11 is 1.10. The number of carboxylic acids is 1. The molecule has 18 heavy (non-hydrogen) atoms. The molecule has 0 aliphatic carbocycles. The maximum absolute atomic E-state index is 12.0. The zero-order chi connectivity index (χ0) is 13.6. The van der Waals surface area contributed by atoms with Crippen molar-refractivity contribution in [3.05, 3.63) is 31.8 Å². The third-order valence-corrected chi connectivity index (χ3v) is 3.73. The van der Waals surface area contributed by atoms with Gasteiger partial charge < -0.3 is 5.11 Å². The van der Waals surface area contributed by atoms with Crippen molar-refractivity contribution in [3.63, 3.8) is 0 Å². The van der Waals surface area contributed by atoms with Gasteiger partial charge in [0.05, 0.1) is 10.9 Å². The molecule has 2 aromatic rings. The monoisotopic (exact) mass is 268 g/mol. The fourth-order valence-electron chi connectivity index (χ4n) is 1.85. The number of carboxylic acid groups (broad SMARTS) is 1. The van der Waals surface area contributed by atoms with Gasteiger partial charge in [-0.2, -0.15) is 0 Å². The molecule has 0 radical (unpaired) electrons. The minimum atomic E-state index is -1.16. The van der Waals surface area contributed by atoms with Crippen molar-refractivity contribution in [2.24, 2.45) is 7.05 Å². The first-order valence-electron chi connectivity index (χ1n) is 5.32. The number of hydrogen-bond acceptors (Lipinski definition) is 4. The van der Waals surface area contributed by atoms with Gasteiger partial charge in [0.2, 0.25) is 0 Å². The van der Waals surface area contributed by atoms with Gasteiger partial charge in [0, 0.05) is 18.5 Å². The van der Waals surface area contributed by atoms with Crippen LogP contribution in [-0.4, -0.2) is 20.2 Å². The minimum absolute atomic E-state index is 0.0509. The molecule has 7 heteroatoms. The van der Waals surface area contributed by atoms with Crippen LogP contribution < -0.4 is 11.2 Å². The van der Waals surface area contributed by atoms with E-state index in [0.717, 1.165) is 15.9 Å². The van der Waals surface area contributed by atoms with Crippen molar-refractivity contribution in [2.45, 2.75) is 19.9 Å². The van der Waals surface area contributed by atoms with E-state index in [1.807, 2.05) is 13.8 Å². The topological polar surface area (TPSA) is 81.3 Å². The SMILES string of the molecule is CC(C)n1c(=O)n(C)c(=O)c2c(C(=O)O)csc21.